The molecule has 0 aliphatic heterocycles. The van der Waals surface area contributed by atoms with E-state index in [1.165, 1.54) is 4.31 Å². The average Bonchev–Trinajstić information content (AvgIpc) is 2.59. The van der Waals surface area contributed by atoms with E-state index in [4.69, 9.17) is 4.74 Å². The predicted molar refractivity (Wildman–Crippen MR) is 95.7 cm³/mol. The van der Waals surface area contributed by atoms with Gasteiger partial charge in [-0.3, -0.25) is 9.78 Å². The molecule has 25 heavy (non-hydrogen) atoms. The number of benzene rings is 1. The number of sulfonamides is 1. The molecule has 1 amide bonds. The van der Waals surface area contributed by atoms with Crippen LogP contribution in [0.15, 0.2) is 48.7 Å². The maximum absolute atomic E-state index is 12.1. The number of ether oxygens (including phenoxy) is 1. The lowest BCUT2D eigenvalue weighted by atomic mass is 10.3. The second-order valence-electron chi connectivity index (χ2n) is 5.44. The zero-order valence-corrected chi connectivity index (χ0v) is 15.0. The molecule has 0 unspecified atom stereocenters. The van der Waals surface area contributed by atoms with E-state index in [0.717, 1.165) is 6.26 Å². The molecule has 0 saturated heterocycles. The fraction of sp³-hybridized carbons (Fsp3) is 0.294. The van der Waals surface area contributed by atoms with Gasteiger partial charge >= 0.3 is 0 Å². The molecule has 1 aromatic heterocycles. The summed E-state index contributed by atoms with van der Waals surface area (Å²) in [7, 11) is -1.88. The zero-order valence-electron chi connectivity index (χ0n) is 14.2. The van der Waals surface area contributed by atoms with Gasteiger partial charge in [0.15, 0.2) is 0 Å². The normalized spacial score (nSPS) is 11.3. The number of methoxy groups -OCH3 is 1. The molecule has 1 aromatic carbocycles. The van der Waals surface area contributed by atoms with Gasteiger partial charge in [-0.05, 0) is 36.4 Å². The lowest BCUT2D eigenvalue weighted by Crippen LogP contribution is -2.32. The second kappa shape index (κ2) is 8.59. The third kappa shape index (κ3) is 6.17. The molecule has 8 heteroatoms. The molecule has 134 valence electrons. The van der Waals surface area contributed by atoms with Gasteiger partial charge in [0.2, 0.25) is 15.9 Å². The van der Waals surface area contributed by atoms with Gasteiger partial charge in [-0.15, -0.1) is 0 Å². The first kappa shape index (κ1) is 18.9. The van der Waals surface area contributed by atoms with E-state index < -0.39 is 10.0 Å². The molecular formula is C17H21N3O4S. The standard InChI is InChI=1S/C17H21N3O4S/c1-24-16-8-6-14(7-9-16)19-17(21)10-12-20(25(2,22)23)13-15-5-3-4-11-18-15/h3-9,11H,10,12-13H2,1-2H3,(H,19,21). The van der Waals surface area contributed by atoms with E-state index in [9.17, 15) is 13.2 Å². The van der Waals surface area contributed by atoms with Crippen LogP contribution >= 0.6 is 0 Å². The summed E-state index contributed by atoms with van der Waals surface area (Å²) in [5, 5.41) is 2.73. The Kier molecular flexibility index (Phi) is 6.49. The number of aromatic nitrogens is 1. The molecule has 0 fully saturated rings. The largest absolute Gasteiger partial charge is 0.497 e. The number of anilines is 1. The highest BCUT2D eigenvalue weighted by Crippen LogP contribution is 2.15. The minimum Gasteiger partial charge on any atom is -0.497 e. The van der Waals surface area contributed by atoms with Crippen molar-refractivity contribution < 1.29 is 17.9 Å². The lowest BCUT2D eigenvalue weighted by molar-refractivity contribution is -0.116. The van der Waals surface area contributed by atoms with Crippen LogP contribution in [0.1, 0.15) is 12.1 Å². The smallest absolute Gasteiger partial charge is 0.225 e. The van der Waals surface area contributed by atoms with Gasteiger partial charge in [0.1, 0.15) is 5.75 Å². The van der Waals surface area contributed by atoms with Crippen LogP contribution in [0, 0.1) is 0 Å². The summed E-state index contributed by atoms with van der Waals surface area (Å²) in [6, 6.07) is 12.2. The van der Waals surface area contributed by atoms with Crippen molar-refractivity contribution in [2.45, 2.75) is 13.0 Å². The maximum Gasteiger partial charge on any atom is 0.225 e. The zero-order chi connectivity index (χ0) is 18.3. The number of nitrogens with zero attached hydrogens (tertiary/aromatic N) is 2. The fourth-order valence-electron chi connectivity index (χ4n) is 2.16. The number of nitrogens with one attached hydrogen (secondary N) is 1. The van der Waals surface area contributed by atoms with E-state index in [-0.39, 0.29) is 25.4 Å². The van der Waals surface area contributed by atoms with Crippen LogP contribution in [0.4, 0.5) is 5.69 Å². The maximum atomic E-state index is 12.1. The molecule has 0 saturated carbocycles. The number of amides is 1. The van der Waals surface area contributed by atoms with Gasteiger partial charge in [-0.25, -0.2) is 8.42 Å². The summed E-state index contributed by atoms with van der Waals surface area (Å²) in [6.07, 6.45) is 2.77. The molecule has 0 spiro atoms. The van der Waals surface area contributed by atoms with Crippen LogP contribution in [0.25, 0.3) is 0 Å². The van der Waals surface area contributed by atoms with Crippen LogP contribution in [0.5, 0.6) is 5.75 Å². The van der Waals surface area contributed by atoms with Crippen LogP contribution in [0.2, 0.25) is 0 Å². The summed E-state index contributed by atoms with van der Waals surface area (Å²) < 4.78 is 30.2. The second-order valence-corrected chi connectivity index (χ2v) is 7.43. The SMILES string of the molecule is COc1ccc(NC(=O)CCN(Cc2ccccn2)S(C)(=O)=O)cc1. The Labute approximate surface area is 147 Å². The molecule has 0 radical (unpaired) electrons. The van der Waals surface area contributed by atoms with Gasteiger partial charge in [-0.2, -0.15) is 4.31 Å². The first-order valence-corrected chi connectivity index (χ1v) is 9.52. The lowest BCUT2D eigenvalue weighted by Gasteiger charge is -2.19. The van der Waals surface area contributed by atoms with Crippen LogP contribution in [0.3, 0.4) is 0 Å². The highest BCUT2D eigenvalue weighted by molar-refractivity contribution is 7.88. The summed E-state index contributed by atoms with van der Waals surface area (Å²) in [5.74, 6) is 0.427. The van der Waals surface area contributed by atoms with Crippen molar-refractivity contribution in [3.63, 3.8) is 0 Å². The Morgan fingerprint density at radius 3 is 2.48 bits per heavy atom. The Morgan fingerprint density at radius 1 is 1.20 bits per heavy atom. The third-order valence-electron chi connectivity index (χ3n) is 3.50. The van der Waals surface area contributed by atoms with Gasteiger partial charge < -0.3 is 10.1 Å². The highest BCUT2D eigenvalue weighted by atomic mass is 32.2. The molecule has 0 aliphatic rings. The third-order valence-corrected chi connectivity index (χ3v) is 4.75. The number of hydrogen-bond acceptors (Lipinski definition) is 5. The van der Waals surface area contributed by atoms with Gasteiger partial charge in [-0.1, -0.05) is 6.07 Å². The molecule has 0 atom stereocenters. The minimum absolute atomic E-state index is 0.0476. The molecule has 7 nitrogen and oxygen atoms in total. The predicted octanol–water partition coefficient (Wildman–Crippen LogP) is 1.88. The average molecular weight is 363 g/mol. The summed E-state index contributed by atoms with van der Waals surface area (Å²) in [6.45, 7) is 0.215. The fourth-order valence-corrected chi connectivity index (χ4v) is 2.95. The number of rotatable bonds is 8. The van der Waals surface area contributed by atoms with E-state index in [1.54, 1.807) is 55.8 Å². The van der Waals surface area contributed by atoms with E-state index in [1.807, 2.05) is 0 Å². The Morgan fingerprint density at radius 2 is 1.92 bits per heavy atom. The molecule has 1 heterocycles. The molecule has 2 aromatic rings. The van der Waals surface area contributed by atoms with Gasteiger partial charge in [0.25, 0.3) is 0 Å². The van der Waals surface area contributed by atoms with Crippen molar-refractivity contribution in [1.82, 2.24) is 9.29 Å². The van der Waals surface area contributed by atoms with Crippen molar-refractivity contribution in [1.29, 1.82) is 0 Å². The van der Waals surface area contributed by atoms with Crippen molar-refractivity contribution in [3.05, 3.63) is 54.4 Å². The van der Waals surface area contributed by atoms with E-state index >= 15 is 0 Å². The molecular weight excluding hydrogens is 342 g/mol. The van der Waals surface area contributed by atoms with Crippen molar-refractivity contribution in [3.8, 4) is 5.75 Å². The number of pyridine rings is 1. The summed E-state index contributed by atoms with van der Waals surface area (Å²) in [5.41, 5.74) is 1.25. The summed E-state index contributed by atoms with van der Waals surface area (Å²) in [4.78, 5) is 16.2. The van der Waals surface area contributed by atoms with Gasteiger partial charge in [0, 0.05) is 24.8 Å². The van der Waals surface area contributed by atoms with Crippen LogP contribution < -0.4 is 10.1 Å². The summed E-state index contributed by atoms with van der Waals surface area (Å²) >= 11 is 0. The van der Waals surface area contributed by atoms with Crippen molar-refractivity contribution in [2.75, 3.05) is 25.2 Å². The van der Waals surface area contributed by atoms with Crippen LogP contribution in [-0.2, 0) is 21.4 Å². The highest BCUT2D eigenvalue weighted by Gasteiger charge is 2.18. The number of hydrogen-bond donors (Lipinski definition) is 1. The van der Waals surface area contributed by atoms with Crippen molar-refractivity contribution in [2.24, 2.45) is 0 Å². The molecule has 1 N–H and O–H groups in total. The first-order valence-electron chi connectivity index (χ1n) is 7.67. The number of carbonyl (C=O) groups excluding carboxylic acids is 1. The van der Waals surface area contributed by atoms with E-state index in [2.05, 4.69) is 10.3 Å². The molecule has 2 rings (SSSR count). The topological polar surface area (TPSA) is 88.6 Å². The van der Waals surface area contributed by atoms with E-state index in [0.29, 0.717) is 17.1 Å². The molecule has 0 bridgehead atoms. The first-order chi connectivity index (χ1) is 11.9. The Bertz CT molecular complexity index is 792. The quantitative estimate of drug-likeness (QED) is 0.774. The van der Waals surface area contributed by atoms with Crippen molar-refractivity contribution >= 4 is 21.6 Å². The monoisotopic (exact) mass is 363 g/mol. The minimum atomic E-state index is -3.44. The Hall–Kier alpha value is -2.45. The Balaban J connectivity index is 1.93. The van der Waals surface area contributed by atoms with Gasteiger partial charge in [0.05, 0.1) is 25.6 Å². The molecule has 0 aliphatic carbocycles. The van der Waals surface area contributed by atoms with Crippen LogP contribution in [-0.4, -0.2) is 43.5 Å². The number of carbonyl (C=O) groups is 1.